The first-order valence-corrected chi connectivity index (χ1v) is 8.18. The molecule has 0 amide bonds. The lowest BCUT2D eigenvalue weighted by molar-refractivity contribution is 0.490. The quantitative estimate of drug-likeness (QED) is 0.632. The van der Waals surface area contributed by atoms with E-state index in [1.165, 1.54) is 37.4 Å². The fraction of sp³-hybridized carbons (Fsp3) is 0.133. The zero-order valence-corrected chi connectivity index (χ0v) is 13.6. The van der Waals surface area contributed by atoms with Crippen LogP contribution in [0.1, 0.15) is 11.1 Å². The van der Waals surface area contributed by atoms with E-state index in [1.807, 2.05) is 6.92 Å². The lowest BCUT2D eigenvalue weighted by Gasteiger charge is -2.13. The van der Waals surface area contributed by atoms with Crippen LogP contribution in [0.15, 0.2) is 52.5 Å². The van der Waals surface area contributed by atoms with Crippen molar-refractivity contribution < 1.29 is 12.8 Å². The number of benzene rings is 2. The largest absolute Gasteiger partial charge is 0.278 e. The number of sulfonamides is 1. The van der Waals surface area contributed by atoms with Crippen LogP contribution >= 0.6 is 11.6 Å². The van der Waals surface area contributed by atoms with Crippen molar-refractivity contribution in [2.45, 2.75) is 11.8 Å². The zero-order chi connectivity index (χ0) is 16.3. The van der Waals surface area contributed by atoms with E-state index in [0.717, 1.165) is 16.2 Å². The summed E-state index contributed by atoms with van der Waals surface area (Å²) in [6.45, 7) is 1.86. The number of rotatable bonds is 4. The molecule has 0 aliphatic rings. The number of halogens is 2. The molecule has 0 bridgehead atoms. The minimum absolute atomic E-state index is 0.0372. The summed E-state index contributed by atoms with van der Waals surface area (Å²) in [6.07, 6.45) is 1.09. The molecule has 0 saturated heterocycles. The number of hydrogen-bond donors (Lipinski definition) is 0. The van der Waals surface area contributed by atoms with Crippen LogP contribution in [-0.4, -0.2) is 26.1 Å². The third-order valence-electron chi connectivity index (χ3n) is 3.02. The molecule has 2 aromatic carbocycles. The van der Waals surface area contributed by atoms with E-state index >= 15 is 0 Å². The lowest BCUT2D eigenvalue weighted by Crippen LogP contribution is -2.22. The van der Waals surface area contributed by atoms with E-state index in [2.05, 4.69) is 5.10 Å². The number of nitrogens with zero attached hydrogens (tertiary/aromatic N) is 2. The second kappa shape index (κ2) is 6.46. The Labute approximate surface area is 133 Å². The molecule has 0 aromatic heterocycles. The molecule has 0 aliphatic carbocycles. The SMILES string of the molecule is Cc1ccc(S(=O)(=O)N(C)N=Cc2c(F)cccc2Cl)cc1. The average molecular weight is 341 g/mol. The van der Waals surface area contributed by atoms with Gasteiger partial charge in [0, 0.05) is 12.6 Å². The van der Waals surface area contributed by atoms with Crippen molar-refractivity contribution in [3.05, 3.63) is 64.4 Å². The maximum Gasteiger partial charge on any atom is 0.278 e. The van der Waals surface area contributed by atoms with Crippen LogP contribution in [0, 0.1) is 12.7 Å². The molecule has 2 aromatic rings. The molecule has 0 aliphatic heterocycles. The summed E-state index contributed by atoms with van der Waals surface area (Å²) in [5.74, 6) is -0.572. The molecule has 22 heavy (non-hydrogen) atoms. The summed E-state index contributed by atoms with van der Waals surface area (Å²) in [4.78, 5) is 0.109. The Morgan fingerprint density at radius 2 is 1.82 bits per heavy atom. The molecule has 0 heterocycles. The first-order valence-electron chi connectivity index (χ1n) is 6.36. The molecular weight excluding hydrogens is 327 g/mol. The van der Waals surface area contributed by atoms with Crippen molar-refractivity contribution in [1.29, 1.82) is 0 Å². The first kappa shape index (κ1) is 16.5. The summed E-state index contributed by atoms with van der Waals surface area (Å²) in [5, 5.41) is 3.94. The van der Waals surface area contributed by atoms with Crippen molar-refractivity contribution in [2.24, 2.45) is 5.10 Å². The summed E-state index contributed by atoms with van der Waals surface area (Å²) in [7, 11) is -2.50. The second-order valence-electron chi connectivity index (χ2n) is 4.63. The standard InChI is InChI=1S/C15H14ClFN2O2S/c1-11-6-8-12(9-7-11)22(20,21)19(2)18-10-13-14(16)4-3-5-15(13)17/h3-10H,1-2H3. The number of hydrazone groups is 1. The Morgan fingerprint density at radius 1 is 1.18 bits per heavy atom. The summed E-state index contributed by atoms with van der Waals surface area (Å²) >= 11 is 5.86. The van der Waals surface area contributed by atoms with Gasteiger partial charge in [-0.25, -0.2) is 4.39 Å². The summed E-state index contributed by atoms with van der Waals surface area (Å²) in [5.41, 5.74) is 0.985. The highest BCUT2D eigenvalue weighted by Crippen LogP contribution is 2.18. The molecule has 0 saturated carbocycles. The maximum atomic E-state index is 13.6. The van der Waals surface area contributed by atoms with Gasteiger partial charge in [-0.15, -0.1) is 0 Å². The summed E-state index contributed by atoms with van der Waals surface area (Å²) in [6, 6.07) is 10.6. The molecular formula is C15H14ClFN2O2S. The van der Waals surface area contributed by atoms with Gasteiger partial charge in [-0.3, -0.25) is 0 Å². The van der Waals surface area contributed by atoms with Crippen LogP contribution < -0.4 is 0 Å². The molecule has 0 N–H and O–H groups in total. The second-order valence-corrected chi connectivity index (χ2v) is 6.99. The molecule has 0 fully saturated rings. The van der Waals surface area contributed by atoms with E-state index in [4.69, 9.17) is 11.6 Å². The fourth-order valence-electron chi connectivity index (χ4n) is 1.70. The Kier molecular flexibility index (Phi) is 4.83. The van der Waals surface area contributed by atoms with Gasteiger partial charge in [-0.1, -0.05) is 35.4 Å². The van der Waals surface area contributed by atoms with E-state index in [1.54, 1.807) is 12.1 Å². The van der Waals surface area contributed by atoms with Gasteiger partial charge in [-0.05, 0) is 31.2 Å². The highest BCUT2D eigenvalue weighted by molar-refractivity contribution is 7.89. The molecule has 0 radical (unpaired) electrons. The smallest absolute Gasteiger partial charge is 0.206 e. The minimum atomic E-state index is -3.78. The topological polar surface area (TPSA) is 49.7 Å². The van der Waals surface area contributed by atoms with E-state index in [-0.39, 0.29) is 15.5 Å². The van der Waals surface area contributed by atoms with E-state index in [9.17, 15) is 12.8 Å². The average Bonchev–Trinajstić information content (AvgIpc) is 2.47. The molecule has 0 spiro atoms. The van der Waals surface area contributed by atoms with Gasteiger partial charge in [0.15, 0.2) is 0 Å². The van der Waals surface area contributed by atoms with Crippen LogP contribution in [0.3, 0.4) is 0 Å². The van der Waals surface area contributed by atoms with Crippen molar-refractivity contribution in [3.63, 3.8) is 0 Å². The molecule has 4 nitrogen and oxygen atoms in total. The zero-order valence-electron chi connectivity index (χ0n) is 12.0. The minimum Gasteiger partial charge on any atom is -0.206 e. The van der Waals surface area contributed by atoms with Gasteiger partial charge >= 0.3 is 0 Å². The Hall–Kier alpha value is -1.92. The molecule has 0 unspecified atom stereocenters. The number of aryl methyl sites for hydroxylation is 1. The van der Waals surface area contributed by atoms with Gasteiger partial charge in [0.05, 0.1) is 16.1 Å². The highest BCUT2D eigenvalue weighted by atomic mass is 35.5. The first-order chi connectivity index (χ1) is 10.3. The van der Waals surface area contributed by atoms with E-state index in [0.29, 0.717) is 0 Å². The Bertz CT molecular complexity index is 785. The number of hydrogen-bond acceptors (Lipinski definition) is 3. The maximum absolute atomic E-state index is 13.6. The molecule has 116 valence electrons. The van der Waals surface area contributed by atoms with Gasteiger partial charge in [0.25, 0.3) is 10.0 Å². The van der Waals surface area contributed by atoms with Gasteiger partial charge in [0.2, 0.25) is 0 Å². The summed E-state index contributed by atoms with van der Waals surface area (Å²) < 4.78 is 39.0. The lowest BCUT2D eigenvalue weighted by atomic mass is 10.2. The van der Waals surface area contributed by atoms with Crippen molar-refractivity contribution >= 4 is 27.8 Å². The predicted octanol–water partition coefficient (Wildman–Crippen LogP) is 3.44. The van der Waals surface area contributed by atoms with Gasteiger partial charge in [0.1, 0.15) is 5.82 Å². The van der Waals surface area contributed by atoms with Gasteiger partial charge < -0.3 is 0 Å². The van der Waals surface area contributed by atoms with E-state index < -0.39 is 15.8 Å². The fourth-order valence-corrected chi connectivity index (χ4v) is 2.87. The Balaban J connectivity index is 2.30. The van der Waals surface area contributed by atoms with Crippen LogP contribution in [0.25, 0.3) is 0 Å². The predicted molar refractivity (Wildman–Crippen MR) is 85.1 cm³/mol. The monoisotopic (exact) mass is 340 g/mol. The normalized spacial score (nSPS) is 11.8. The Morgan fingerprint density at radius 3 is 2.41 bits per heavy atom. The van der Waals surface area contributed by atoms with Crippen LogP contribution in [0.2, 0.25) is 5.02 Å². The van der Waals surface area contributed by atoms with Crippen LogP contribution in [0.4, 0.5) is 4.39 Å². The highest BCUT2D eigenvalue weighted by Gasteiger charge is 2.19. The van der Waals surface area contributed by atoms with Crippen LogP contribution in [-0.2, 0) is 10.0 Å². The van der Waals surface area contributed by atoms with Gasteiger partial charge in [-0.2, -0.15) is 17.9 Å². The van der Waals surface area contributed by atoms with Crippen LogP contribution in [0.5, 0.6) is 0 Å². The molecule has 7 heteroatoms. The molecule has 2 rings (SSSR count). The van der Waals surface area contributed by atoms with Crippen molar-refractivity contribution in [1.82, 2.24) is 4.41 Å². The third-order valence-corrected chi connectivity index (χ3v) is 5.00. The van der Waals surface area contributed by atoms with Crippen molar-refractivity contribution in [2.75, 3.05) is 7.05 Å². The molecule has 0 atom stereocenters. The van der Waals surface area contributed by atoms with Crippen molar-refractivity contribution in [3.8, 4) is 0 Å². The third kappa shape index (κ3) is 3.45.